The van der Waals surface area contributed by atoms with E-state index in [0.717, 1.165) is 0 Å². The molecule has 3 amide bonds. The van der Waals surface area contributed by atoms with E-state index in [1.165, 1.54) is 0 Å². The molecular weight excluding hydrogens is 544 g/mol. The van der Waals surface area contributed by atoms with Gasteiger partial charge in [0.2, 0.25) is 11.8 Å². The van der Waals surface area contributed by atoms with E-state index in [9.17, 15) is 39.3 Å². The number of carbonyl (C=O) groups excluding carboxylic acids is 4. The zero-order valence-electron chi connectivity index (χ0n) is 26.7. The standard InChI is InChI=1S/C30H56N4O8/c1-16(2)11-20(31)9-10-25(37)34(29(40)22(13-18(5)6)33-24(36)14-19(7)8)23(15-35)28(39)26(30(41)42)27(38)21(32)12-17(3)4/h16-23,26-27,35,38H,9-15,31-32H2,1-8H3,(H,33,36)(H,41,42)/t20?,21?,22-,23-,26?,27?/m0/s1. The molecule has 6 atom stereocenters. The van der Waals surface area contributed by atoms with Crippen LogP contribution in [0.3, 0.4) is 0 Å². The molecule has 244 valence electrons. The fourth-order valence-corrected chi connectivity index (χ4v) is 4.96. The number of nitrogens with zero attached hydrogens (tertiary/aromatic N) is 1. The van der Waals surface area contributed by atoms with Crippen molar-refractivity contribution in [2.45, 2.75) is 124 Å². The minimum Gasteiger partial charge on any atom is -0.481 e. The predicted octanol–water partition coefficient (Wildman–Crippen LogP) is 1.44. The van der Waals surface area contributed by atoms with E-state index in [0.29, 0.717) is 11.3 Å². The first-order chi connectivity index (χ1) is 19.3. The molecule has 12 heteroatoms. The van der Waals surface area contributed by atoms with Crippen LogP contribution in [-0.4, -0.2) is 86.6 Å². The number of aliphatic carboxylic acids is 1. The van der Waals surface area contributed by atoms with E-state index >= 15 is 0 Å². The average Bonchev–Trinajstić information content (AvgIpc) is 2.82. The van der Waals surface area contributed by atoms with Crippen LogP contribution >= 0.6 is 0 Å². The predicted molar refractivity (Wildman–Crippen MR) is 160 cm³/mol. The van der Waals surface area contributed by atoms with Crippen LogP contribution in [-0.2, 0) is 24.0 Å². The van der Waals surface area contributed by atoms with Crippen LogP contribution < -0.4 is 16.8 Å². The molecule has 0 bridgehead atoms. The molecule has 0 spiro atoms. The summed E-state index contributed by atoms with van der Waals surface area (Å²) < 4.78 is 0. The van der Waals surface area contributed by atoms with Gasteiger partial charge in [-0.2, -0.15) is 0 Å². The maximum Gasteiger partial charge on any atom is 0.316 e. The summed E-state index contributed by atoms with van der Waals surface area (Å²) >= 11 is 0. The Labute approximate surface area is 251 Å². The first-order valence-electron chi connectivity index (χ1n) is 15.1. The van der Waals surface area contributed by atoms with Gasteiger partial charge in [-0.05, 0) is 49.4 Å². The third kappa shape index (κ3) is 13.7. The van der Waals surface area contributed by atoms with Crippen molar-refractivity contribution in [1.29, 1.82) is 0 Å². The van der Waals surface area contributed by atoms with Gasteiger partial charge in [-0.1, -0.05) is 55.4 Å². The first-order valence-corrected chi connectivity index (χ1v) is 15.1. The number of nitrogens with two attached hydrogens (primary N) is 2. The number of rotatable bonds is 20. The molecule has 0 aromatic rings. The molecule has 0 saturated carbocycles. The Hall–Kier alpha value is -2.41. The van der Waals surface area contributed by atoms with E-state index in [4.69, 9.17) is 11.5 Å². The Morgan fingerprint density at radius 3 is 1.76 bits per heavy atom. The van der Waals surface area contributed by atoms with Crippen LogP contribution in [0.25, 0.3) is 0 Å². The summed E-state index contributed by atoms with van der Waals surface area (Å²) in [4.78, 5) is 66.7. The second kappa shape index (κ2) is 19.0. The Morgan fingerprint density at radius 2 is 1.33 bits per heavy atom. The summed E-state index contributed by atoms with van der Waals surface area (Å²) in [7, 11) is 0. The number of carboxylic acids is 1. The number of hydrogen-bond acceptors (Lipinski definition) is 9. The molecule has 0 saturated heterocycles. The molecule has 0 aromatic heterocycles. The van der Waals surface area contributed by atoms with Crippen LogP contribution in [0, 0.1) is 29.6 Å². The fourth-order valence-electron chi connectivity index (χ4n) is 4.96. The number of aliphatic hydroxyl groups excluding tert-OH is 2. The van der Waals surface area contributed by atoms with Gasteiger partial charge in [-0.15, -0.1) is 0 Å². The van der Waals surface area contributed by atoms with E-state index in [-0.39, 0.29) is 61.8 Å². The zero-order valence-corrected chi connectivity index (χ0v) is 26.7. The smallest absolute Gasteiger partial charge is 0.316 e. The maximum absolute atomic E-state index is 14.0. The van der Waals surface area contributed by atoms with Gasteiger partial charge in [-0.25, -0.2) is 0 Å². The summed E-state index contributed by atoms with van der Waals surface area (Å²) in [6, 6.07) is -4.62. The quantitative estimate of drug-likeness (QED) is 0.111. The maximum atomic E-state index is 14.0. The highest BCUT2D eigenvalue weighted by Crippen LogP contribution is 2.21. The van der Waals surface area contributed by atoms with Crippen molar-refractivity contribution >= 4 is 29.5 Å². The molecule has 0 aliphatic rings. The van der Waals surface area contributed by atoms with Crippen molar-refractivity contribution in [3.05, 3.63) is 0 Å². The van der Waals surface area contributed by atoms with Crippen LogP contribution in [0.1, 0.15) is 93.9 Å². The van der Waals surface area contributed by atoms with Crippen molar-refractivity contribution in [3.8, 4) is 0 Å². The molecular formula is C30H56N4O8. The number of nitrogens with one attached hydrogen (secondary N) is 1. The first kappa shape index (κ1) is 39.6. The van der Waals surface area contributed by atoms with Crippen LogP contribution in [0.15, 0.2) is 0 Å². The second-order valence-electron chi connectivity index (χ2n) is 13.1. The molecule has 42 heavy (non-hydrogen) atoms. The normalized spacial score (nSPS) is 16.2. The van der Waals surface area contributed by atoms with Crippen molar-refractivity contribution < 1.29 is 39.3 Å². The van der Waals surface area contributed by atoms with Gasteiger partial charge in [0.15, 0.2) is 5.78 Å². The third-order valence-electron chi connectivity index (χ3n) is 6.85. The molecule has 0 radical (unpaired) electrons. The highest BCUT2D eigenvalue weighted by Gasteiger charge is 2.46. The topological polar surface area (TPSA) is 213 Å². The van der Waals surface area contributed by atoms with Crippen molar-refractivity contribution in [2.75, 3.05) is 6.61 Å². The van der Waals surface area contributed by atoms with Gasteiger partial charge in [0, 0.05) is 24.9 Å². The lowest BCUT2D eigenvalue weighted by Crippen LogP contribution is -2.60. The molecule has 12 nitrogen and oxygen atoms in total. The lowest BCUT2D eigenvalue weighted by atomic mass is 9.85. The number of carbonyl (C=O) groups is 5. The number of ketones is 1. The van der Waals surface area contributed by atoms with Crippen molar-refractivity contribution in [2.24, 2.45) is 41.1 Å². The number of imide groups is 1. The summed E-state index contributed by atoms with van der Waals surface area (Å²) in [5.74, 6) is -7.16. The SMILES string of the molecule is CC(C)CC(=O)N[C@@H](CC(C)C)C(=O)N(C(=O)CCC(N)CC(C)C)[C@@H](CO)C(=O)C(C(=O)O)C(O)C(N)CC(C)C. The summed E-state index contributed by atoms with van der Waals surface area (Å²) in [5.41, 5.74) is 12.2. The molecule has 4 unspecified atom stereocenters. The molecule has 0 heterocycles. The number of hydrogen-bond donors (Lipinski definition) is 6. The lowest BCUT2D eigenvalue weighted by Gasteiger charge is -2.35. The monoisotopic (exact) mass is 600 g/mol. The van der Waals surface area contributed by atoms with Gasteiger partial charge in [0.1, 0.15) is 18.0 Å². The second-order valence-corrected chi connectivity index (χ2v) is 13.1. The average molecular weight is 601 g/mol. The van der Waals surface area contributed by atoms with Gasteiger partial charge in [0.25, 0.3) is 5.91 Å². The summed E-state index contributed by atoms with van der Waals surface area (Å²) in [6.45, 7) is 13.8. The number of carboxylic acid groups (broad SMARTS) is 1. The number of aliphatic hydroxyl groups is 2. The highest BCUT2D eigenvalue weighted by atomic mass is 16.4. The van der Waals surface area contributed by atoms with E-state index < -0.39 is 66.2 Å². The Morgan fingerprint density at radius 1 is 0.810 bits per heavy atom. The minimum absolute atomic E-state index is 0.0142. The van der Waals surface area contributed by atoms with Crippen LogP contribution in [0.5, 0.6) is 0 Å². The highest BCUT2D eigenvalue weighted by molar-refractivity contribution is 6.08. The van der Waals surface area contributed by atoms with Crippen molar-refractivity contribution in [1.82, 2.24) is 10.2 Å². The zero-order chi connectivity index (χ0) is 32.9. The molecule has 0 aromatic carbocycles. The minimum atomic E-state index is -2.11. The molecule has 0 fully saturated rings. The van der Waals surface area contributed by atoms with E-state index in [1.807, 2.05) is 55.4 Å². The van der Waals surface area contributed by atoms with Gasteiger partial charge in [0.05, 0.1) is 12.7 Å². The molecule has 8 N–H and O–H groups in total. The molecule has 0 aliphatic heterocycles. The Balaban J connectivity index is 6.65. The van der Waals surface area contributed by atoms with Crippen LogP contribution in [0.2, 0.25) is 0 Å². The van der Waals surface area contributed by atoms with Gasteiger partial charge < -0.3 is 32.1 Å². The summed E-state index contributed by atoms with van der Waals surface area (Å²) in [5, 5.41) is 33.7. The Kier molecular flexibility index (Phi) is 17.9. The van der Waals surface area contributed by atoms with Gasteiger partial charge in [-0.3, -0.25) is 28.9 Å². The van der Waals surface area contributed by atoms with Gasteiger partial charge >= 0.3 is 5.97 Å². The molecule has 0 rings (SSSR count). The lowest BCUT2D eigenvalue weighted by molar-refractivity contribution is -0.162. The number of Topliss-reactive ketones (excluding diaryl/α,β-unsaturated/α-hetero) is 1. The molecule has 0 aliphatic carbocycles. The largest absolute Gasteiger partial charge is 0.481 e. The van der Waals surface area contributed by atoms with E-state index in [2.05, 4.69) is 5.32 Å². The third-order valence-corrected chi connectivity index (χ3v) is 6.85. The Bertz CT molecular complexity index is 893. The number of amides is 3. The summed E-state index contributed by atoms with van der Waals surface area (Å²) in [6.07, 6.45) is -0.882. The van der Waals surface area contributed by atoms with Crippen molar-refractivity contribution in [3.63, 3.8) is 0 Å². The van der Waals surface area contributed by atoms with Crippen LogP contribution in [0.4, 0.5) is 0 Å². The van der Waals surface area contributed by atoms with E-state index in [1.54, 1.807) is 0 Å². The fraction of sp³-hybridized carbons (Fsp3) is 0.833.